The van der Waals surface area contributed by atoms with E-state index in [1.807, 2.05) is 19.2 Å². The topological polar surface area (TPSA) is 36.9 Å². The van der Waals surface area contributed by atoms with Crippen molar-refractivity contribution < 1.29 is 4.74 Å². The van der Waals surface area contributed by atoms with E-state index in [9.17, 15) is 0 Å². The Bertz CT molecular complexity index is 531. The molecule has 1 fully saturated rings. The lowest BCUT2D eigenvalue weighted by Crippen LogP contribution is -2.41. The van der Waals surface area contributed by atoms with Gasteiger partial charge in [-0.2, -0.15) is 0 Å². The van der Waals surface area contributed by atoms with E-state index in [1.54, 1.807) is 6.07 Å². The van der Waals surface area contributed by atoms with Crippen molar-refractivity contribution in [3.63, 3.8) is 0 Å². The Hall–Kier alpha value is -0.970. The van der Waals surface area contributed by atoms with Gasteiger partial charge in [0.1, 0.15) is 0 Å². The molecule has 1 N–H and O–H groups in total. The number of guanidine groups is 1. The SMILES string of the molecule is CN=C(NCCCc1ccc(Cl)cc1Cl)N(C)CC1CCOC1. The van der Waals surface area contributed by atoms with Crippen LogP contribution < -0.4 is 5.32 Å². The second kappa shape index (κ2) is 9.36. The average Bonchev–Trinajstić information content (AvgIpc) is 3.02. The number of aliphatic imine (C=N–C) groups is 1. The highest BCUT2D eigenvalue weighted by Crippen LogP contribution is 2.21. The van der Waals surface area contributed by atoms with Crippen LogP contribution in [-0.4, -0.2) is 51.3 Å². The van der Waals surface area contributed by atoms with Crippen LogP contribution in [0.15, 0.2) is 23.2 Å². The van der Waals surface area contributed by atoms with Crippen LogP contribution in [0.1, 0.15) is 18.4 Å². The van der Waals surface area contributed by atoms with Gasteiger partial charge in [0, 0.05) is 49.8 Å². The molecule has 1 unspecified atom stereocenters. The van der Waals surface area contributed by atoms with Crippen molar-refractivity contribution >= 4 is 29.2 Å². The third-order valence-corrected chi connectivity index (χ3v) is 4.64. The van der Waals surface area contributed by atoms with Gasteiger partial charge in [-0.3, -0.25) is 4.99 Å². The number of halogens is 2. The molecule has 1 saturated heterocycles. The summed E-state index contributed by atoms with van der Waals surface area (Å²) in [5, 5.41) is 4.82. The van der Waals surface area contributed by atoms with Crippen LogP contribution in [0.4, 0.5) is 0 Å². The molecule has 1 aliphatic rings. The lowest BCUT2D eigenvalue weighted by Gasteiger charge is -2.24. The molecule has 0 amide bonds. The van der Waals surface area contributed by atoms with E-state index < -0.39 is 0 Å². The molecule has 1 aromatic rings. The van der Waals surface area contributed by atoms with Crippen molar-refractivity contribution in [2.24, 2.45) is 10.9 Å². The van der Waals surface area contributed by atoms with Crippen LogP contribution >= 0.6 is 23.2 Å². The van der Waals surface area contributed by atoms with Crippen molar-refractivity contribution in [1.29, 1.82) is 0 Å². The minimum absolute atomic E-state index is 0.603. The highest BCUT2D eigenvalue weighted by atomic mass is 35.5. The van der Waals surface area contributed by atoms with Gasteiger partial charge < -0.3 is 15.0 Å². The van der Waals surface area contributed by atoms with E-state index >= 15 is 0 Å². The van der Waals surface area contributed by atoms with Crippen LogP contribution in [0.25, 0.3) is 0 Å². The summed E-state index contributed by atoms with van der Waals surface area (Å²) < 4.78 is 5.43. The molecule has 1 aromatic carbocycles. The van der Waals surface area contributed by atoms with Crippen molar-refractivity contribution in [2.45, 2.75) is 19.3 Å². The number of nitrogens with zero attached hydrogens (tertiary/aromatic N) is 2. The molecule has 0 aromatic heterocycles. The van der Waals surface area contributed by atoms with E-state index in [0.29, 0.717) is 10.9 Å². The lowest BCUT2D eigenvalue weighted by molar-refractivity contribution is 0.181. The zero-order valence-electron chi connectivity index (χ0n) is 13.8. The van der Waals surface area contributed by atoms with Gasteiger partial charge in [0.05, 0.1) is 6.61 Å². The summed E-state index contributed by atoms with van der Waals surface area (Å²) in [5.41, 5.74) is 1.13. The first kappa shape index (κ1) is 18.4. The summed E-state index contributed by atoms with van der Waals surface area (Å²) in [6.07, 6.45) is 3.04. The molecule has 4 nitrogen and oxygen atoms in total. The molecular weight excluding hydrogens is 333 g/mol. The molecule has 0 spiro atoms. The van der Waals surface area contributed by atoms with Gasteiger partial charge in [0.25, 0.3) is 0 Å². The highest BCUT2D eigenvalue weighted by Gasteiger charge is 2.18. The molecule has 1 atom stereocenters. The molecule has 1 aliphatic heterocycles. The molecule has 6 heteroatoms. The lowest BCUT2D eigenvalue weighted by atomic mass is 10.1. The molecule has 0 bridgehead atoms. The maximum Gasteiger partial charge on any atom is 0.193 e. The second-order valence-electron chi connectivity index (χ2n) is 5.92. The Kier molecular flexibility index (Phi) is 7.47. The molecule has 0 saturated carbocycles. The Morgan fingerprint density at radius 1 is 1.43 bits per heavy atom. The third kappa shape index (κ3) is 5.87. The van der Waals surface area contributed by atoms with Crippen LogP contribution in [0.2, 0.25) is 10.0 Å². The number of benzene rings is 1. The maximum atomic E-state index is 6.20. The van der Waals surface area contributed by atoms with E-state index in [2.05, 4.69) is 22.3 Å². The first-order valence-corrected chi connectivity index (χ1v) is 8.79. The van der Waals surface area contributed by atoms with E-state index in [0.717, 1.165) is 62.1 Å². The summed E-state index contributed by atoms with van der Waals surface area (Å²) in [6, 6.07) is 5.67. The first-order chi connectivity index (χ1) is 11.1. The summed E-state index contributed by atoms with van der Waals surface area (Å²) >= 11 is 12.1. The monoisotopic (exact) mass is 357 g/mol. The van der Waals surface area contributed by atoms with Gasteiger partial charge >= 0.3 is 0 Å². The zero-order chi connectivity index (χ0) is 16.7. The number of hydrogen-bond donors (Lipinski definition) is 1. The quantitative estimate of drug-likeness (QED) is 0.481. The average molecular weight is 358 g/mol. The molecular formula is C17H25Cl2N3O. The number of ether oxygens (including phenoxy) is 1. The first-order valence-electron chi connectivity index (χ1n) is 8.03. The van der Waals surface area contributed by atoms with Gasteiger partial charge in [-0.15, -0.1) is 0 Å². The normalized spacial score (nSPS) is 18.3. The predicted molar refractivity (Wildman–Crippen MR) is 97.7 cm³/mol. The van der Waals surface area contributed by atoms with Crippen molar-refractivity contribution in [1.82, 2.24) is 10.2 Å². The van der Waals surface area contributed by atoms with Crippen molar-refractivity contribution in [3.8, 4) is 0 Å². The van der Waals surface area contributed by atoms with Crippen molar-refractivity contribution in [2.75, 3.05) is 40.4 Å². The van der Waals surface area contributed by atoms with Crippen LogP contribution in [0.3, 0.4) is 0 Å². The minimum atomic E-state index is 0.603. The van der Waals surface area contributed by atoms with Crippen LogP contribution in [-0.2, 0) is 11.2 Å². The standard InChI is InChI=1S/C17H25Cl2N3O/c1-20-17(22(2)11-13-7-9-23-12-13)21-8-3-4-14-5-6-15(18)10-16(14)19/h5-6,10,13H,3-4,7-9,11-12H2,1-2H3,(H,20,21). The summed E-state index contributed by atoms with van der Waals surface area (Å²) in [7, 11) is 3.89. The van der Waals surface area contributed by atoms with Gasteiger partial charge in [0.2, 0.25) is 0 Å². The predicted octanol–water partition coefficient (Wildman–Crippen LogP) is 3.47. The Balaban J connectivity index is 1.72. The van der Waals surface area contributed by atoms with Crippen LogP contribution in [0, 0.1) is 5.92 Å². The van der Waals surface area contributed by atoms with Crippen LogP contribution in [0.5, 0.6) is 0 Å². The van der Waals surface area contributed by atoms with Gasteiger partial charge in [0.15, 0.2) is 5.96 Å². The van der Waals surface area contributed by atoms with Gasteiger partial charge in [-0.1, -0.05) is 29.3 Å². The fraction of sp³-hybridized carbons (Fsp3) is 0.588. The largest absolute Gasteiger partial charge is 0.381 e. The maximum absolute atomic E-state index is 6.20. The summed E-state index contributed by atoms with van der Waals surface area (Å²) in [4.78, 5) is 6.53. The smallest absolute Gasteiger partial charge is 0.193 e. The fourth-order valence-corrected chi connectivity index (χ4v) is 3.29. The molecule has 0 radical (unpaired) electrons. The second-order valence-corrected chi connectivity index (χ2v) is 6.77. The number of rotatable bonds is 6. The van der Waals surface area contributed by atoms with E-state index in [1.165, 1.54) is 0 Å². The molecule has 2 rings (SSSR count). The minimum Gasteiger partial charge on any atom is -0.381 e. The van der Waals surface area contributed by atoms with Crippen molar-refractivity contribution in [3.05, 3.63) is 33.8 Å². The van der Waals surface area contributed by atoms with Gasteiger partial charge in [-0.05, 0) is 37.0 Å². The summed E-state index contributed by atoms with van der Waals surface area (Å²) in [5.74, 6) is 1.53. The molecule has 128 valence electrons. The highest BCUT2D eigenvalue weighted by molar-refractivity contribution is 6.35. The third-order valence-electron chi connectivity index (χ3n) is 4.05. The fourth-order valence-electron chi connectivity index (χ4n) is 2.79. The molecule has 1 heterocycles. The zero-order valence-corrected chi connectivity index (χ0v) is 15.3. The number of hydrogen-bond acceptors (Lipinski definition) is 2. The Labute approximate surface area is 148 Å². The molecule has 23 heavy (non-hydrogen) atoms. The van der Waals surface area contributed by atoms with E-state index in [4.69, 9.17) is 27.9 Å². The molecule has 0 aliphatic carbocycles. The van der Waals surface area contributed by atoms with Gasteiger partial charge in [-0.25, -0.2) is 0 Å². The number of nitrogens with one attached hydrogen (secondary N) is 1. The Morgan fingerprint density at radius 2 is 2.26 bits per heavy atom. The summed E-state index contributed by atoms with van der Waals surface area (Å²) in [6.45, 7) is 3.57. The number of aryl methyl sites for hydroxylation is 1. The van der Waals surface area contributed by atoms with E-state index in [-0.39, 0.29) is 0 Å². The Morgan fingerprint density at radius 3 is 2.91 bits per heavy atom.